The van der Waals surface area contributed by atoms with Crippen molar-refractivity contribution in [2.75, 3.05) is 0 Å². The minimum Gasteiger partial charge on any atom is -0.412 e. The molecular formula is C24H56N2O3Sn2. The average Bonchev–Trinajstić information content (AvgIpc) is 2.77. The Labute approximate surface area is 216 Å². The number of rotatable bonds is 16. The molecule has 0 saturated heterocycles. The van der Waals surface area contributed by atoms with Crippen LogP contribution in [0.1, 0.15) is 119 Å². The van der Waals surface area contributed by atoms with Gasteiger partial charge < -0.3 is 15.9 Å². The van der Waals surface area contributed by atoms with Crippen LogP contribution in [0.3, 0.4) is 0 Å². The summed E-state index contributed by atoms with van der Waals surface area (Å²) < 4.78 is 6.50. The number of hydrogen-bond donors (Lipinski definition) is 2. The van der Waals surface area contributed by atoms with Crippen LogP contribution in [0.4, 0.5) is 0 Å². The van der Waals surface area contributed by atoms with Gasteiger partial charge in [0.1, 0.15) is 0 Å². The molecule has 0 aromatic carbocycles. The molecule has 0 heterocycles. The van der Waals surface area contributed by atoms with Gasteiger partial charge in [-0.3, -0.25) is 0 Å². The molecule has 0 fully saturated rings. The van der Waals surface area contributed by atoms with Crippen molar-refractivity contribution in [3.05, 3.63) is 0 Å². The summed E-state index contributed by atoms with van der Waals surface area (Å²) in [4.78, 5) is 0. The van der Waals surface area contributed by atoms with E-state index in [2.05, 4.69) is 38.0 Å². The summed E-state index contributed by atoms with van der Waals surface area (Å²) in [6.45, 7) is 13.2. The first-order valence-corrected chi connectivity index (χ1v) is 20.5. The van der Waals surface area contributed by atoms with Crippen molar-refractivity contribution >= 4 is 54.7 Å². The van der Waals surface area contributed by atoms with E-state index in [1.165, 1.54) is 63.8 Å². The van der Waals surface area contributed by atoms with E-state index in [0.717, 1.165) is 25.7 Å². The molecule has 0 saturated carbocycles. The fourth-order valence-electron chi connectivity index (χ4n) is 1.83. The summed E-state index contributed by atoms with van der Waals surface area (Å²) in [5.74, 6) is 0. The molecule has 0 bridgehead atoms. The van der Waals surface area contributed by atoms with Crippen LogP contribution in [-0.4, -0.2) is 70.6 Å². The Kier molecular flexibility index (Phi) is 70.6. The van der Waals surface area contributed by atoms with E-state index in [-0.39, 0.29) is 47.8 Å². The summed E-state index contributed by atoms with van der Waals surface area (Å²) in [5, 5.41) is 21.1. The van der Waals surface area contributed by atoms with Gasteiger partial charge in [-0.15, -0.1) is 10.3 Å². The third kappa shape index (κ3) is 72.4. The maximum absolute atomic E-state index is 7.77. The molecule has 0 aliphatic rings. The van der Waals surface area contributed by atoms with E-state index in [1.807, 2.05) is 13.8 Å². The van der Waals surface area contributed by atoms with Crippen molar-refractivity contribution in [3.8, 4) is 0 Å². The van der Waals surface area contributed by atoms with Crippen molar-refractivity contribution in [2.24, 2.45) is 10.3 Å². The molecule has 0 spiro atoms. The zero-order valence-electron chi connectivity index (χ0n) is 21.8. The molecule has 0 aliphatic heterocycles. The van der Waals surface area contributed by atoms with E-state index in [9.17, 15) is 0 Å². The standard InChI is InChI=1S/2C4H9NO.4C4H9.H2O.2Sn/c2*1-2-3-4-5-6;4*1-3-4-2;;;/h2*4,6H,2-3H2,1H3;4*1,3-4H2,2H3;1H2;;. The number of oxime groups is 2. The molecule has 0 aromatic rings. The first-order chi connectivity index (χ1) is 14.7. The van der Waals surface area contributed by atoms with Gasteiger partial charge in [0.25, 0.3) is 0 Å². The van der Waals surface area contributed by atoms with Crippen molar-refractivity contribution < 1.29 is 15.9 Å². The molecule has 188 valence electrons. The summed E-state index contributed by atoms with van der Waals surface area (Å²) in [6.07, 6.45) is 18.5. The van der Waals surface area contributed by atoms with Gasteiger partial charge in [-0.2, -0.15) is 0 Å². The van der Waals surface area contributed by atoms with Gasteiger partial charge in [0.15, 0.2) is 0 Å². The zero-order valence-corrected chi connectivity index (χ0v) is 27.5. The number of hydrogen-bond acceptors (Lipinski definition) is 4. The number of nitrogens with zero attached hydrogens (tertiary/aromatic N) is 2. The first kappa shape index (κ1) is 41.7. The van der Waals surface area contributed by atoms with Crippen LogP contribution in [0.25, 0.3) is 0 Å². The van der Waals surface area contributed by atoms with Gasteiger partial charge in [-0.1, -0.05) is 26.7 Å². The second kappa shape index (κ2) is 52.4. The van der Waals surface area contributed by atoms with Crippen LogP contribution in [-0.2, 0) is 0 Å². The molecule has 0 aromatic heterocycles. The van der Waals surface area contributed by atoms with Gasteiger partial charge in [0, 0.05) is 12.4 Å². The third-order valence-electron chi connectivity index (χ3n) is 3.83. The molecule has 0 aliphatic carbocycles. The van der Waals surface area contributed by atoms with Crippen LogP contribution in [0.2, 0.25) is 17.7 Å². The molecule has 5 nitrogen and oxygen atoms in total. The predicted octanol–water partition coefficient (Wildman–Crippen LogP) is 7.92. The summed E-state index contributed by atoms with van der Waals surface area (Å²) in [6, 6.07) is 0. The van der Waals surface area contributed by atoms with Crippen molar-refractivity contribution in [1.82, 2.24) is 0 Å². The normalized spacial score (nSPS) is 9.74. The Bertz CT molecular complexity index is 256. The van der Waals surface area contributed by atoms with Crippen molar-refractivity contribution in [1.29, 1.82) is 0 Å². The Hall–Kier alpha value is 0.497. The fourth-order valence-corrected chi connectivity index (χ4v) is 10.1. The Morgan fingerprint density at radius 2 is 0.774 bits per heavy atom. The second-order valence-corrected chi connectivity index (χ2v) is 15.6. The monoisotopic (exact) mass is 660 g/mol. The van der Waals surface area contributed by atoms with Crippen molar-refractivity contribution in [3.63, 3.8) is 0 Å². The molecule has 0 atom stereocenters. The Morgan fingerprint density at radius 3 is 0.903 bits per heavy atom. The molecule has 4 radical (unpaired) electrons. The van der Waals surface area contributed by atoms with E-state index >= 15 is 0 Å². The van der Waals surface area contributed by atoms with Gasteiger partial charge >= 0.3 is 139 Å². The van der Waals surface area contributed by atoms with E-state index in [4.69, 9.17) is 10.4 Å². The molecule has 0 unspecified atom stereocenters. The smallest absolute Gasteiger partial charge is 0.412 e. The summed E-state index contributed by atoms with van der Waals surface area (Å²) in [5.41, 5.74) is 0. The molecular weight excluding hydrogens is 602 g/mol. The second-order valence-electron chi connectivity index (χ2n) is 7.09. The van der Waals surface area contributed by atoms with Crippen LogP contribution in [0, 0.1) is 0 Å². The Balaban J connectivity index is -0.0000000977. The summed E-state index contributed by atoms with van der Waals surface area (Å²) >= 11 is 0.299. The van der Waals surface area contributed by atoms with Gasteiger partial charge in [0.05, 0.1) is 0 Å². The van der Waals surface area contributed by atoms with E-state index < -0.39 is 0 Å². The van der Waals surface area contributed by atoms with Crippen LogP contribution < -0.4 is 0 Å². The van der Waals surface area contributed by atoms with Gasteiger partial charge in [0.2, 0.25) is 0 Å². The molecule has 31 heavy (non-hydrogen) atoms. The average molecular weight is 658 g/mol. The van der Waals surface area contributed by atoms with Gasteiger partial charge in [-0.05, 0) is 12.8 Å². The topological polar surface area (TPSA) is 96.7 Å². The zero-order chi connectivity index (χ0) is 23.6. The van der Waals surface area contributed by atoms with Crippen LogP contribution >= 0.6 is 0 Å². The SMILES string of the molecule is CCCC=NO.CCCC=NO.CCC[CH2][Sn][CH2]CCC.CCC[CH2][Sn][CH2]CCC.O. The molecule has 4 N–H and O–H groups in total. The molecule has 0 amide bonds. The Morgan fingerprint density at radius 1 is 0.516 bits per heavy atom. The van der Waals surface area contributed by atoms with E-state index in [1.54, 1.807) is 17.7 Å². The fraction of sp³-hybridized carbons (Fsp3) is 0.917. The quantitative estimate of drug-likeness (QED) is 0.0580. The van der Waals surface area contributed by atoms with Crippen LogP contribution in [0.15, 0.2) is 10.3 Å². The molecule has 0 rings (SSSR count). The molecule has 7 heteroatoms. The van der Waals surface area contributed by atoms with E-state index in [0.29, 0.717) is 0 Å². The third-order valence-corrected chi connectivity index (χ3v) is 11.9. The van der Waals surface area contributed by atoms with Crippen molar-refractivity contribution in [2.45, 2.75) is 136 Å². The summed E-state index contributed by atoms with van der Waals surface area (Å²) in [7, 11) is 0. The largest absolute Gasteiger partial charge is 0.412 e. The van der Waals surface area contributed by atoms with Crippen LogP contribution in [0.5, 0.6) is 0 Å². The minimum absolute atomic E-state index is 0. The van der Waals surface area contributed by atoms with Gasteiger partial charge in [-0.25, -0.2) is 0 Å². The first-order valence-electron chi connectivity index (χ1n) is 12.4. The maximum Gasteiger partial charge on any atom is -0.412 e. The predicted molar refractivity (Wildman–Crippen MR) is 144 cm³/mol. The maximum atomic E-state index is 7.77. The minimum atomic E-state index is 0. The number of unbranched alkanes of at least 4 members (excludes halogenated alkanes) is 6.